The Bertz CT molecular complexity index is 328. The van der Waals surface area contributed by atoms with E-state index in [1.807, 2.05) is 0 Å². The van der Waals surface area contributed by atoms with Gasteiger partial charge in [-0.1, -0.05) is 5.22 Å². The highest BCUT2D eigenvalue weighted by molar-refractivity contribution is 5.90. The van der Waals surface area contributed by atoms with E-state index in [-0.39, 0.29) is 5.69 Å². The topological polar surface area (TPSA) is 88.9 Å². The van der Waals surface area contributed by atoms with Gasteiger partial charge in [0, 0.05) is 14.1 Å². The summed E-state index contributed by atoms with van der Waals surface area (Å²) in [6, 6.07) is 0. The Balaban J connectivity index is 2.75. The molecule has 1 rings (SSSR count). The standard InChI is InChI=1S/C6H10N6O/c1-11(2)9-10-12-3-5(6(7)13)8-4-12/h3-4H,1-2H3,(H2,7,13). The number of imidazole rings is 1. The van der Waals surface area contributed by atoms with Gasteiger partial charge in [0.2, 0.25) is 0 Å². The van der Waals surface area contributed by atoms with Gasteiger partial charge in [-0.05, 0) is 5.22 Å². The largest absolute Gasteiger partial charge is 0.364 e. The van der Waals surface area contributed by atoms with Crippen LogP contribution in [0.3, 0.4) is 0 Å². The number of hydrogen-bond donors (Lipinski definition) is 1. The van der Waals surface area contributed by atoms with Crippen molar-refractivity contribution in [2.75, 3.05) is 14.1 Å². The fourth-order valence-electron chi connectivity index (χ4n) is 0.616. The van der Waals surface area contributed by atoms with Gasteiger partial charge >= 0.3 is 0 Å². The van der Waals surface area contributed by atoms with Crippen molar-refractivity contribution in [2.45, 2.75) is 0 Å². The van der Waals surface area contributed by atoms with Crippen molar-refractivity contribution in [3.63, 3.8) is 0 Å². The van der Waals surface area contributed by atoms with Crippen LogP contribution < -0.4 is 5.73 Å². The Kier molecular flexibility index (Phi) is 2.58. The highest BCUT2D eigenvalue weighted by atomic mass is 16.1. The molecule has 0 atom stereocenters. The predicted molar refractivity (Wildman–Crippen MR) is 44.7 cm³/mol. The van der Waals surface area contributed by atoms with Gasteiger partial charge in [0.1, 0.15) is 12.0 Å². The van der Waals surface area contributed by atoms with Crippen molar-refractivity contribution >= 4 is 5.91 Å². The third kappa shape index (κ3) is 2.55. The molecule has 13 heavy (non-hydrogen) atoms. The zero-order valence-corrected chi connectivity index (χ0v) is 7.38. The Morgan fingerprint density at radius 2 is 2.38 bits per heavy atom. The Morgan fingerprint density at radius 3 is 2.85 bits per heavy atom. The van der Waals surface area contributed by atoms with E-state index in [2.05, 4.69) is 15.4 Å². The average Bonchev–Trinajstić information content (AvgIpc) is 2.48. The van der Waals surface area contributed by atoms with Crippen LogP contribution in [0.2, 0.25) is 0 Å². The summed E-state index contributed by atoms with van der Waals surface area (Å²) in [6.07, 6.45) is 2.75. The first-order chi connectivity index (χ1) is 6.09. The van der Waals surface area contributed by atoms with Crippen LogP contribution in [0, 0.1) is 0 Å². The third-order valence-corrected chi connectivity index (χ3v) is 1.14. The summed E-state index contributed by atoms with van der Waals surface area (Å²) in [6.45, 7) is 0. The SMILES string of the molecule is CN(C)N=Nn1cnc(C(N)=O)c1. The summed E-state index contributed by atoms with van der Waals surface area (Å²) in [5, 5.41) is 8.92. The number of carbonyl (C=O) groups is 1. The van der Waals surface area contributed by atoms with Crippen LogP contribution in [0.25, 0.3) is 0 Å². The molecule has 1 aromatic heterocycles. The van der Waals surface area contributed by atoms with Crippen molar-refractivity contribution in [3.8, 4) is 0 Å². The van der Waals surface area contributed by atoms with E-state index >= 15 is 0 Å². The number of aromatic nitrogens is 2. The van der Waals surface area contributed by atoms with Gasteiger partial charge in [0.25, 0.3) is 5.91 Å². The summed E-state index contributed by atoms with van der Waals surface area (Å²) in [7, 11) is 3.46. The van der Waals surface area contributed by atoms with Crippen molar-refractivity contribution in [3.05, 3.63) is 18.2 Å². The van der Waals surface area contributed by atoms with E-state index in [1.165, 1.54) is 22.2 Å². The van der Waals surface area contributed by atoms with Crippen molar-refractivity contribution in [1.82, 2.24) is 14.7 Å². The number of rotatable bonds is 3. The highest BCUT2D eigenvalue weighted by Crippen LogP contribution is 1.94. The lowest BCUT2D eigenvalue weighted by Crippen LogP contribution is -2.10. The molecule has 0 saturated carbocycles. The molecule has 1 aromatic rings. The van der Waals surface area contributed by atoms with E-state index in [1.54, 1.807) is 14.1 Å². The average molecular weight is 182 g/mol. The molecule has 0 aliphatic carbocycles. The number of nitrogens with two attached hydrogens (primary N) is 1. The van der Waals surface area contributed by atoms with E-state index in [0.29, 0.717) is 0 Å². The van der Waals surface area contributed by atoms with Crippen molar-refractivity contribution in [2.24, 2.45) is 16.2 Å². The normalized spacial score (nSPS) is 10.6. The van der Waals surface area contributed by atoms with Crippen LogP contribution in [-0.2, 0) is 0 Å². The van der Waals surface area contributed by atoms with E-state index in [0.717, 1.165) is 0 Å². The molecule has 7 heteroatoms. The molecule has 0 aliphatic heterocycles. The second kappa shape index (κ2) is 3.65. The molecule has 0 unspecified atom stereocenters. The molecule has 0 aliphatic rings. The number of carbonyl (C=O) groups excluding carboxylic acids is 1. The monoisotopic (exact) mass is 182 g/mol. The third-order valence-electron chi connectivity index (χ3n) is 1.14. The molecular weight excluding hydrogens is 172 g/mol. The number of amides is 1. The van der Waals surface area contributed by atoms with Crippen molar-refractivity contribution in [1.29, 1.82) is 0 Å². The fraction of sp³-hybridized carbons (Fsp3) is 0.333. The van der Waals surface area contributed by atoms with Crippen LogP contribution in [0.15, 0.2) is 23.0 Å². The predicted octanol–water partition coefficient (Wildman–Crippen LogP) is -0.326. The Hall–Kier alpha value is -1.92. The second-order valence-corrected chi connectivity index (χ2v) is 2.53. The second-order valence-electron chi connectivity index (χ2n) is 2.53. The van der Waals surface area contributed by atoms with E-state index in [9.17, 15) is 4.79 Å². The molecule has 0 fully saturated rings. The van der Waals surface area contributed by atoms with Gasteiger partial charge in [0.15, 0.2) is 0 Å². The van der Waals surface area contributed by atoms with E-state index < -0.39 is 5.91 Å². The minimum absolute atomic E-state index is 0.165. The van der Waals surface area contributed by atoms with Gasteiger partial charge < -0.3 is 5.73 Å². The summed E-state index contributed by atoms with van der Waals surface area (Å²) < 4.78 is 1.31. The zero-order valence-electron chi connectivity index (χ0n) is 7.38. The first kappa shape index (κ1) is 9.17. The van der Waals surface area contributed by atoms with Gasteiger partial charge in [0.05, 0.1) is 6.20 Å². The molecule has 0 saturated heterocycles. The number of hydrogen-bond acceptors (Lipinski definition) is 4. The lowest BCUT2D eigenvalue weighted by Gasteiger charge is -1.98. The summed E-state index contributed by atoms with van der Waals surface area (Å²) in [5.74, 6) is -0.584. The molecular formula is C6H10N6O. The molecule has 0 radical (unpaired) electrons. The van der Waals surface area contributed by atoms with Crippen LogP contribution in [0.4, 0.5) is 0 Å². The number of nitrogens with zero attached hydrogens (tertiary/aromatic N) is 5. The molecule has 7 nitrogen and oxygen atoms in total. The summed E-state index contributed by atoms with van der Waals surface area (Å²) >= 11 is 0. The molecule has 0 aromatic carbocycles. The lowest BCUT2D eigenvalue weighted by molar-refractivity contribution is 0.0996. The maximum atomic E-state index is 10.6. The first-order valence-electron chi connectivity index (χ1n) is 3.52. The molecule has 1 heterocycles. The van der Waals surface area contributed by atoms with Gasteiger partial charge in [-0.2, -0.15) is 0 Å². The number of primary amides is 1. The van der Waals surface area contributed by atoms with Crippen LogP contribution in [0.5, 0.6) is 0 Å². The minimum Gasteiger partial charge on any atom is -0.364 e. The quantitative estimate of drug-likeness (QED) is 0.513. The van der Waals surface area contributed by atoms with Crippen LogP contribution in [0.1, 0.15) is 10.5 Å². The molecule has 2 N–H and O–H groups in total. The molecule has 70 valence electrons. The van der Waals surface area contributed by atoms with Crippen LogP contribution >= 0.6 is 0 Å². The van der Waals surface area contributed by atoms with Gasteiger partial charge in [-0.3, -0.25) is 9.80 Å². The summed E-state index contributed by atoms with van der Waals surface area (Å²) in [5.41, 5.74) is 5.15. The smallest absolute Gasteiger partial charge is 0.268 e. The Labute approximate surface area is 74.8 Å². The fourth-order valence-corrected chi connectivity index (χ4v) is 0.616. The summed E-state index contributed by atoms with van der Waals surface area (Å²) in [4.78, 5) is 14.3. The zero-order chi connectivity index (χ0) is 9.84. The van der Waals surface area contributed by atoms with Gasteiger partial charge in [-0.25, -0.2) is 9.66 Å². The lowest BCUT2D eigenvalue weighted by atomic mass is 10.5. The van der Waals surface area contributed by atoms with Gasteiger partial charge in [-0.15, -0.1) is 0 Å². The van der Waals surface area contributed by atoms with E-state index in [4.69, 9.17) is 5.73 Å². The highest BCUT2D eigenvalue weighted by Gasteiger charge is 2.02. The molecule has 0 spiro atoms. The van der Waals surface area contributed by atoms with Crippen LogP contribution in [-0.4, -0.2) is 34.7 Å². The first-order valence-corrected chi connectivity index (χ1v) is 3.52. The molecule has 0 bridgehead atoms. The minimum atomic E-state index is -0.584. The molecule has 1 amide bonds. The maximum Gasteiger partial charge on any atom is 0.268 e. The van der Waals surface area contributed by atoms with Crippen molar-refractivity contribution < 1.29 is 4.79 Å². The maximum absolute atomic E-state index is 10.6. The Morgan fingerprint density at radius 1 is 1.69 bits per heavy atom.